The van der Waals surface area contributed by atoms with Gasteiger partial charge in [0.05, 0.1) is 25.4 Å². The Labute approximate surface area is 482 Å². The first-order valence-electron chi connectivity index (χ1n) is 35.4. The molecule has 0 spiro atoms. The molecule has 0 aromatic carbocycles. The lowest BCUT2D eigenvalue weighted by Gasteiger charge is -2.22. The maximum atomic E-state index is 12.5. The highest BCUT2D eigenvalue weighted by molar-refractivity contribution is 5.76. The maximum absolute atomic E-state index is 12.5. The molecule has 0 aromatic heterocycles. The Morgan fingerprint density at radius 1 is 0.351 bits per heavy atom. The molecule has 0 bridgehead atoms. The van der Waals surface area contributed by atoms with Crippen LogP contribution >= 0.6 is 0 Å². The summed E-state index contributed by atoms with van der Waals surface area (Å²) in [5.74, 6) is -0.0142. The van der Waals surface area contributed by atoms with Crippen LogP contribution in [-0.2, 0) is 14.3 Å². The van der Waals surface area contributed by atoms with Gasteiger partial charge >= 0.3 is 5.97 Å². The van der Waals surface area contributed by atoms with Crippen molar-refractivity contribution in [2.75, 3.05) is 13.2 Å². The molecule has 77 heavy (non-hydrogen) atoms. The summed E-state index contributed by atoms with van der Waals surface area (Å²) in [5, 5.41) is 23.3. The third kappa shape index (κ3) is 63.6. The predicted octanol–water partition coefficient (Wildman–Crippen LogP) is 22.8. The maximum Gasteiger partial charge on any atom is 0.305 e. The molecule has 6 nitrogen and oxygen atoms in total. The Hall–Kier alpha value is -1.40. The number of hydrogen-bond donors (Lipinski definition) is 3. The molecule has 0 aromatic rings. The molecule has 6 heteroatoms. The van der Waals surface area contributed by atoms with Gasteiger partial charge in [0.2, 0.25) is 5.91 Å². The summed E-state index contributed by atoms with van der Waals surface area (Å²) in [6.07, 6.45) is 82.7. The van der Waals surface area contributed by atoms with E-state index in [1.807, 2.05) is 0 Å². The fourth-order valence-electron chi connectivity index (χ4n) is 11.4. The Bertz CT molecular complexity index is 1160. The molecular formula is C71H139NO5. The number of ether oxygens (including phenoxy) is 1. The molecule has 0 aliphatic rings. The lowest BCUT2D eigenvalue weighted by molar-refractivity contribution is -0.143. The molecule has 0 saturated carbocycles. The van der Waals surface area contributed by atoms with Gasteiger partial charge in [0.25, 0.3) is 0 Å². The molecule has 0 radical (unpaired) electrons. The molecule has 0 aliphatic heterocycles. The van der Waals surface area contributed by atoms with Crippen LogP contribution in [0.2, 0.25) is 0 Å². The zero-order valence-electron chi connectivity index (χ0n) is 52.5. The summed E-state index contributed by atoms with van der Waals surface area (Å²) in [6.45, 7) is 4.98. The number of aliphatic hydroxyl groups excluding tert-OH is 2. The van der Waals surface area contributed by atoms with Crippen molar-refractivity contribution in [3.8, 4) is 0 Å². The minimum absolute atomic E-state index is 0.0141. The third-order valence-corrected chi connectivity index (χ3v) is 16.8. The summed E-state index contributed by atoms with van der Waals surface area (Å²) in [4.78, 5) is 24.6. The molecule has 0 rings (SSSR count). The number of rotatable bonds is 67. The molecule has 0 saturated heterocycles. The summed E-state index contributed by atoms with van der Waals surface area (Å²) in [7, 11) is 0. The minimum atomic E-state index is -0.660. The van der Waals surface area contributed by atoms with Gasteiger partial charge in [-0.3, -0.25) is 9.59 Å². The second kappa shape index (κ2) is 67.1. The fourth-order valence-corrected chi connectivity index (χ4v) is 11.4. The van der Waals surface area contributed by atoms with E-state index >= 15 is 0 Å². The van der Waals surface area contributed by atoms with Crippen molar-refractivity contribution in [3.05, 3.63) is 12.2 Å². The van der Waals surface area contributed by atoms with Crippen molar-refractivity contribution in [3.63, 3.8) is 0 Å². The van der Waals surface area contributed by atoms with E-state index in [0.29, 0.717) is 25.9 Å². The first-order valence-corrected chi connectivity index (χ1v) is 35.4. The van der Waals surface area contributed by atoms with Crippen molar-refractivity contribution in [2.45, 2.75) is 418 Å². The molecule has 3 N–H and O–H groups in total. The van der Waals surface area contributed by atoms with Gasteiger partial charge < -0.3 is 20.3 Å². The topological polar surface area (TPSA) is 95.9 Å². The van der Waals surface area contributed by atoms with E-state index in [-0.39, 0.29) is 18.5 Å². The first kappa shape index (κ1) is 75.6. The Kier molecular flexibility index (Phi) is 65.9. The van der Waals surface area contributed by atoms with Crippen LogP contribution in [0.25, 0.3) is 0 Å². The largest absolute Gasteiger partial charge is 0.466 e. The van der Waals surface area contributed by atoms with Crippen LogP contribution in [0.15, 0.2) is 12.2 Å². The van der Waals surface area contributed by atoms with Crippen LogP contribution in [0.3, 0.4) is 0 Å². The van der Waals surface area contributed by atoms with Crippen LogP contribution in [-0.4, -0.2) is 47.4 Å². The quantitative estimate of drug-likeness (QED) is 0.0320. The SMILES string of the molecule is CCCCCCCCC/C=C\CCCCCCCC(=O)OCCCCCCCCCCCCCCCCCCCCCCCCCCCCCCCCCC(=O)NC(CO)C(O)CCCCCCCCCCCCCCC. The number of aliphatic hydroxyl groups is 2. The number of allylic oxidation sites excluding steroid dienone is 2. The number of unbranched alkanes of at least 4 members (excludes halogenated alkanes) is 54. The Balaban J connectivity index is 3.30. The molecule has 0 fully saturated rings. The van der Waals surface area contributed by atoms with Gasteiger partial charge in [0.15, 0.2) is 0 Å². The predicted molar refractivity (Wildman–Crippen MR) is 338 cm³/mol. The van der Waals surface area contributed by atoms with Gasteiger partial charge in [-0.15, -0.1) is 0 Å². The monoisotopic (exact) mass is 1090 g/mol. The number of carbonyl (C=O) groups excluding carboxylic acids is 2. The normalized spacial score (nSPS) is 12.5. The number of hydrogen-bond acceptors (Lipinski definition) is 5. The summed E-state index contributed by atoms with van der Waals surface area (Å²) in [6, 6.07) is -0.537. The lowest BCUT2D eigenvalue weighted by Crippen LogP contribution is -2.45. The molecule has 0 heterocycles. The van der Waals surface area contributed by atoms with Gasteiger partial charge in [-0.2, -0.15) is 0 Å². The Morgan fingerprint density at radius 3 is 0.922 bits per heavy atom. The zero-order chi connectivity index (χ0) is 55.7. The zero-order valence-corrected chi connectivity index (χ0v) is 52.5. The standard InChI is InChI=1S/C71H139NO5/c1-3-5-7-9-11-13-15-17-18-37-41-45-49-53-57-61-65-71(76)77-66-62-58-54-50-46-42-38-35-33-31-29-27-25-23-21-19-20-22-24-26-28-30-32-34-36-40-44-48-52-56-60-64-70(75)72-68(67-73)69(74)63-59-55-51-47-43-39-16-14-12-10-8-6-4-2/h18,37,68-69,73-74H,3-17,19-36,38-67H2,1-2H3,(H,72,75)/b37-18-. The first-order chi connectivity index (χ1) is 38.0. The minimum Gasteiger partial charge on any atom is -0.466 e. The number of nitrogens with one attached hydrogen (secondary N) is 1. The van der Waals surface area contributed by atoms with Crippen LogP contribution in [0.4, 0.5) is 0 Å². The van der Waals surface area contributed by atoms with Crippen molar-refractivity contribution in [2.24, 2.45) is 0 Å². The highest BCUT2D eigenvalue weighted by Gasteiger charge is 2.20. The van der Waals surface area contributed by atoms with E-state index in [0.717, 1.165) is 44.9 Å². The smallest absolute Gasteiger partial charge is 0.305 e. The molecule has 2 unspecified atom stereocenters. The highest BCUT2D eigenvalue weighted by atomic mass is 16.5. The van der Waals surface area contributed by atoms with E-state index in [1.54, 1.807) is 0 Å². The Morgan fingerprint density at radius 2 is 0.610 bits per heavy atom. The molecule has 2 atom stereocenters. The van der Waals surface area contributed by atoms with Crippen LogP contribution < -0.4 is 5.32 Å². The fraction of sp³-hybridized carbons (Fsp3) is 0.944. The molecule has 0 aliphatic carbocycles. The van der Waals surface area contributed by atoms with Crippen molar-refractivity contribution < 1.29 is 24.5 Å². The van der Waals surface area contributed by atoms with Gasteiger partial charge in [0, 0.05) is 12.8 Å². The van der Waals surface area contributed by atoms with Crippen LogP contribution in [0.5, 0.6) is 0 Å². The summed E-state index contributed by atoms with van der Waals surface area (Å²) in [5.41, 5.74) is 0. The molecular weight excluding hydrogens is 947 g/mol. The van der Waals surface area contributed by atoms with E-state index in [1.165, 1.54) is 327 Å². The lowest BCUT2D eigenvalue weighted by atomic mass is 10.0. The number of amides is 1. The van der Waals surface area contributed by atoms with E-state index in [2.05, 4.69) is 31.3 Å². The third-order valence-electron chi connectivity index (χ3n) is 16.8. The van der Waals surface area contributed by atoms with Crippen molar-refractivity contribution in [1.29, 1.82) is 0 Å². The van der Waals surface area contributed by atoms with Crippen molar-refractivity contribution >= 4 is 11.9 Å². The van der Waals surface area contributed by atoms with E-state index in [9.17, 15) is 19.8 Å². The van der Waals surface area contributed by atoms with E-state index < -0.39 is 12.1 Å². The van der Waals surface area contributed by atoms with Gasteiger partial charge in [-0.25, -0.2) is 0 Å². The summed E-state index contributed by atoms with van der Waals surface area (Å²) >= 11 is 0. The van der Waals surface area contributed by atoms with Gasteiger partial charge in [0.1, 0.15) is 0 Å². The van der Waals surface area contributed by atoms with Gasteiger partial charge in [-0.1, -0.05) is 353 Å². The second-order valence-corrected chi connectivity index (χ2v) is 24.6. The van der Waals surface area contributed by atoms with Crippen molar-refractivity contribution in [1.82, 2.24) is 5.32 Å². The second-order valence-electron chi connectivity index (χ2n) is 24.6. The highest BCUT2D eigenvalue weighted by Crippen LogP contribution is 2.19. The van der Waals surface area contributed by atoms with Crippen LogP contribution in [0.1, 0.15) is 406 Å². The average Bonchev–Trinajstić information content (AvgIpc) is 3.43. The van der Waals surface area contributed by atoms with Crippen LogP contribution in [0, 0.1) is 0 Å². The van der Waals surface area contributed by atoms with E-state index in [4.69, 9.17) is 4.74 Å². The summed E-state index contributed by atoms with van der Waals surface area (Å²) < 4.78 is 5.50. The molecule has 458 valence electrons. The molecule has 1 amide bonds. The van der Waals surface area contributed by atoms with Gasteiger partial charge in [-0.05, 0) is 51.4 Å². The number of esters is 1. The average molecular weight is 1090 g/mol. The number of carbonyl (C=O) groups is 2.